The summed E-state index contributed by atoms with van der Waals surface area (Å²) in [6.45, 7) is 2.52. The summed E-state index contributed by atoms with van der Waals surface area (Å²) in [5.74, 6) is 0.654. The van der Waals surface area contributed by atoms with Gasteiger partial charge in [-0.2, -0.15) is 0 Å². The van der Waals surface area contributed by atoms with Gasteiger partial charge in [0.2, 0.25) is 0 Å². The maximum absolute atomic E-state index is 11.9. The fraction of sp³-hybridized carbons (Fsp3) is 0.278. The number of ether oxygens (including phenoxy) is 1. The molecule has 122 valence electrons. The first kappa shape index (κ1) is 17.3. The van der Waals surface area contributed by atoms with Crippen molar-refractivity contribution in [3.8, 4) is 5.75 Å². The van der Waals surface area contributed by atoms with Crippen LogP contribution in [0.4, 0.5) is 0 Å². The van der Waals surface area contributed by atoms with Gasteiger partial charge in [0.1, 0.15) is 5.75 Å². The van der Waals surface area contributed by atoms with E-state index in [9.17, 15) is 4.79 Å². The van der Waals surface area contributed by atoms with Crippen LogP contribution in [0.15, 0.2) is 54.1 Å². The molecule has 1 amide bonds. The monoisotopic (exact) mass is 332 g/mol. The summed E-state index contributed by atoms with van der Waals surface area (Å²) in [6, 6.07) is 13.9. The minimum absolute atomic E-state index is 0. The smallest absolute Gasteiger partial charge is 0.258 e. The van der Waals surface area contributed by atoms with Crippen molar-refractivity contribution in [2.24, 2.45) is 0 Å². The van der Waals surface area contributed by atoms with Gasteiger partial charge in [0.05, 0.1) is 0 Å². The number of hydrogen-bond donors (Lipinski definition) is 2. The molecule has 1 heterocycles. The third kappa shape index (κ3) is 4.71. The van der Waals surface area contributed by atoms with E-state index in [0.717, 1.165) is 36.0 Å². The fourth-order valence-corrected chi connectivity index (χ4v) is 2.56. The van der Waals surface area contributed by atoms with Crippen LogP contribution < -0.4 is 15.4 Å². The van der Waals surface area contributed by atoms with Gasteiger partial charge < -0.3 is 15.4 Å². The molecule has 0 saturated heterocycles. The van der Waals surface area contributed by atoms with E-state index in [1.807, 2.05) is 42.5 Å². The zero-order valence-corrected chi connectivity index (χ0v) is 13.7. The van der Waals surface area contributed by atoms with Crippen molar-refractivity contribution >= 4 is 29.1 Å². The van der Waals surface area contributed by atoms with Crippen molar-refractivity contribution in [3.63, 3.8) is 0 Å². The topological polar surface area (TPSA) is 50.4 Å². The van der Waals surface area contributed by atoms with E-state index in [0.29, 0.717) is 6.54 Å². The van der Waals surface area contributed by atoms with Gasteiger partial charge in [-0.15, -0.1) is 12.4 Å². The third-order valence-corrected chi connectivity index (χ3v) is 3.78. The molecule has 23 heavy (non-hydrogen) atoms. The second-order valence-electron chi connectivity index (χ2n) is 5.36. The van der Waals surface area contributed by atoms with Gasteiger partial charge in [-0.3, -0.25) is 4.79 Å². The highest BCUT2D eigenvalue weighted by Crippen LogP contribution is 2.24. The molecule has 0 bridgehead atoms. The molecule has 1 aliphatic rings. The standard InChI is InChI=1S/C18H20N2O2.ClH/c21-18(20-12-14-8-10-19-11-9-14)13-22-17-7-3-5-15-4-1-2-6-16(15)17;/h1-8,19H,9-13H2,(H,20,21);1H. The lowest BCUT2D eigenvalue weighted by Crippen LogP contribution is -2.32. The number of hydrogen-bond acceptors (Lipinski definition) is 3. The van der Waals surface area contributed by atoms with Crippen LogP contribution in [-0.4, -0.2) is 32.1 Å². The van der Waals surface area contributed by atoms with Crippen LogP contribution in [0.1, 0.15) is 6.42 Å². The first-order valence-corrected chi connectivity index (χ1v) is 7.59. The highest BCUT2D eigenvalue weighted by atomic mass is 35.5. The average Bonchev–Trinajstić information content (AvgIpc) is 2.59. The second-order valence-corrected chi connectivity index (χ2v) is 5.36. The highest BCUT2D eigenvalue weighted by Gasteiger charge is 2.07. The summed E-state index contributed by atoms with van der Waals surface area (Å²) in [4.78, 5) is 11.9. The first-order chi connectivity index (χ1) is 10.8. The number of carbonyl (C=O) groups is 1. The molecule has 2 N–H and O–H groups in total. The SMILES string of the molecule is Cl.O=C(COc1cccc2ccccc12)NCC1=CCNCC1. The molecule has 0 saturated carbocycles. The van der Waals surface area contributed by atoms with Crippen LogP contribution in [0, 0.1) is 0 Å². The van der Waals surface area contributed by atoms with Crippen LogP contribution in [0.3, 0.4) is 0 Å². The molecule has 0 fully saturated rings. The Labute approximate surface area is 142 Å². The Balaban J connectivity index is 0.00000192. The van der Waals surface area contributed by atoms with Crippen molar-refractivity contribution in [1.82, 2.24) is 10.6 Å². The molecule has 2 aromatic carbocycles. The van der Waals surface area contributed by atoms with E-state index in [1.54, 1.807) is 0 Å². The number of benzene rings is 2. The average molecular weight is 333 g/mol. The summed E-state index contributed by atoms with van der Waals surface area (Å²) >= 11 is 0. The summed E-state index contributed by atoms with van der Waals surface area (Å²) in [7, 11) is 0. The normalized spacial score (nSPS) is 13.8. The minimum Gasteiger partial charge on any atom is -0.483 e. The van der Waals surface area contributed by atoms with Gasteiger partial charge in [-0.1, -0.05) is 48.0 Å². The number of carbonyl (C=O) groups excluding carboxylic acids is 1. The summed E-state index contributed by atoms with van der Waals surface area (Å²) < 4.78 is 5.68. The number of halogens is 1. The molecule has 0 aromatic heterocycles. The second kappa shape index (κ2) is 8.56. The highest BCUT2D eigenvalue weighted by molar-refractivity contribution is 5.88. The zero-order valence-electron chi connectivity index (χ0n) is 12.9. The quantitative estimate of drug-likeness (QED) is 0.828. The Morgan fingerprint density at radius 2 is 2.00 bits per heavy atom. The third-order valence-electron chi connectivity index (χ3n) is 3.78. The van der Waals surface area contributed by atoms with Crippen molar-refractivity contribution in [1.29, 1.82) is 0 Å². The van der Waals surface area contributed by atoms with E-state index < -0.39 is 0 Å². The van der Waals surface area contributed by atoms with Crippen LogP contribution >= 0.6 is 12.4 Å². The van der Waals surface area contributed by atoms with Crippen molar-refractivity contribution in [2.45, 2.75) is 6.42 Å². The molecule has 4 nitrogen and oxygen atoms in total. The Morgan fingerprint density at radius 1 is 1.17 bits per heavy atom. The van der Waals surface area contributed by atoms with E-state index in [-0.39, 0.29) is 24.9 Å². The summed E-state index contributed by atoms with van der Waals surface area (Å²) in [5, 5.41) is 8.30. The van der Waals surface area contributed by atoms with E-state index in [1.165, 1.54) is 5.57 Å². The largest absolute Gasteiger partial charge is 0.483 e. The number of nitrogens with one attached hydrogen (secondary N) is 2. The van der Waals surface area contributed by atoms with Gasteiger partial charge in [0.25, 0.3) is 5.91 Å². The maximum Gasteiger partial charge on any atom is 0.258 e. The van der Waals surface area contributed by atoms with Gasteiger partial charge >= 0.3 is 0 Å². The van der Waals surface area contributed by atoms with Crippen molar-refractivity contribution in [3.05, 3.63) is 54.1 Å². The van der Waals surface area contributed by atoms with Crippen LogP contribution in [0.2, 0.25) is 0 Å². The van der Waals surface area contributed by atoms with E-state index in [2.05, 4.69) is 16.7 Å². The lowest BCUT2D eigenvalue weighted by Gasteiger charge is -2.15. The molecule has 0 atom stereocenters. The summed E-state index contributed by atoms with van der Waals surface area (Å²) in [6.07, 6.45) is 3.12. The van der Waals surface area contributed by atoms with E-state index >= 15 is 0 Å². The van der Waals surface area contributed by atoms with Gasteiger partial charge in [0.15, 0.2) is 6.61 Å². The number of amides is 1. The Kier molecular flexibility index (Phi) is 6.44. The molecule has 1 aliphatic heterocycles. The van der Waals surface area contributed by atoms with Crippen LogP contribution in [0.25, 0.3) is 10.8 Å². The van der Waals surface area contributed by atoms with Gasteiger partial charge in [-0.25, -0.2) is 0 Å². The lowest BCUT2D eigenvalue weighted by molar-refractivity contribution is -0.122. The first-order valence-electron chi connectivity index (χ1n) is 7.59. The van der Waals surface area contributed by atoms with Gasteiger partial charge in [0, 0.05) is 18.5 Å². The predicted octanol–water partition coefficient (Wildman–Crippen LogP) is 2.68. The molecule has 0 unspecified atom stereocenters. The molecular weight excluding hydrogens is 312 g/mol. The molecule has 0 spiro atoms. The van der Waals surface area contributed by atoms with Gasteiger partial charge in [-0.05, 0) is 24.4 Å². The van der Waals surface area contributed by atoms with Crippen LogP contribution in [0.5, 0.6) is 5.75 Å². The van der Waals surface area contributed by atoms with Crippen molar-refractivity contribution < 1.29 is 9.53 Å². The van der Waals surface area contributed by atoms with Crippen LogP contribution in [-0.2, 0) is 4.79 Å². The number of fused-ring (bicyclic) bond motifs is 1. The fourth-order valence-electron chi connectivity index (χ4n) is 2.56. The predicted molar refractivity (Wildman–Crippen MR) is 95.3 cm³/mol. The number of rotatable bonds is 5. The van der Waals surface area contributed by atoms with Crippen molar-refractivity contribution in [2.75, 3.05) is 26.2 Å². The Hall–Kier alpha value is -2.04. The zero-order chi connectivity index (χ0) is 15.2. The lowest BCUT2D eigenvalue weighted by atomic mass is 10.1. The molecule has 3 rings (SSSR count). The molecule has 5 heteroatoms. The molecule has 0 radical (unpaired) electrons. The maximum atomic E-state index is 11.9. The molecule has 2 aromatic rings. The Bertz CT molecular complexity index is 695. The Morgan fingerprint density at radius 3 is 2.83 bits per heavy atom. The molecule has 0 aliphatic carbocycles. The van der Waals surface area contributed by atoms with E-state index in [4.69, 9.17) is 4.74 Å². The minimum atomic E-state index is -0.0904. The summed E-state index contributed by atoms with van der Waals surface area (Å²) in [5.41, 5.74) is 1.28. The molecular formula is C18H21ClN2O2.